The van der Waals surface area contributed by atoms with Gasteiger partial charge in [-0.3, -0.25) is 9.59 Å². The van der Waals surface area contributed by atoms with E-state index in [1.54, 1.807) is 17.2 Å². The number of nitrogens with zero attached hydrogens (tertiary/aromatic N) is 4. The summed E-state index contributed by atoms with van der Waals surface area (Å²) in [5.41, 5.74) is 2.86. The molecule has 0 unspecified atom stereocenters. The lowest BCUT2D eigenvalue weighted by molar-refractivity contribution is 0.0731. The lowest BCUT2D eigenvalue weighted by atomic mass is 10.0. The number of aromatic amines is 2. The highest BCUT2D eigenvalue weighted by molar-refractivity contribution is 5.97. The molecule has 0 atom stereocenters. The van der Waals surface area contributed by atoms with Gasteiger partial charge in [-0.1, -0.05) is 0 Å². The van der Waals surface area contributed by atoms with Crippen molar-refractivity contribution < 1.29 is 9.18 Å². The maximum Gasteiger partial charge on any atom is 0.254 e. The predicted octanol–water partition coefficient (Wildman–Crippen LogP) is 2.05. The Hall–Kier alpha value is -3.88. The van der Waals surface area contributed by atoms with E-state index < -0.39 is 5.82 Å². The van der Waals surface area contributed by atoms with E-state index in [0.717, 1.165) is 5.39 Å². The first-order valence-corrected chi connectivity index (χ1v) is 9.04. The Morgan fingerprint density at radius 3 is 2.93 bits per heavy atom. The molecule has 4 aromatic rings. The molecule has 0 fully saturated rings. The molecule has 0 spiro atoms. The molecule has 1 aliphatic rings. The van der Waals surface area contributed by atoms with Gasteiger partial charge in [0, 0.05) is 34.8 Å². The maximum atomic E-state index is 14.4. The van der Waals surface area contributed by atoms with Gasteiger partial charge in [0.2, 0.25) is 0 Å². The summed E-state index contributed by atoms with van der Waals surface area (Å²) in [6.07, 6.45) is 4.86. The second-order valence-electron chi connectivity index (χ2n) is 6.82. The monoisotopic (exact) mass is 390 g/mol. The molecule has 3 aromatic heterocycles. The van der Waals surface area contributed by atoms with Crippen LogP contribution in [-0.2, 0) is 13.0 Å². The SMILES string of the molecule is O=C(c1cc(F)cc(-c2ncnc3[nH]ccc23)c1)N1CCc2c(nc[nH]c2=O)C1. The summed E-state index contributed by atoms with van der Waals surface area (Å²) < 4.78 is 14.4. The second-order valence-corrected chi connectivity index (χ2v) is 6.82. The van der Waals surface area contributed by atoms with Crippen molar-refractivity contribution in [2.24, 2.45) is 0 Å². The molecule has 4 heterocycles. The Bertz CT molecular complexity index is 1310. The van der Waals surface area contributed by atoms with E-state index >= 15 is 0 Å². The average molecular weight is 390 g/mol. The number of benzene rings is 1. The van der Waals surface area contributed by atoms with Gasteiger partial charge >= 0.3 is 0 Å². The minimum atomic E-state index is -0.528. The molecule has 0 bridgehead atoms. The molecule has 1 amide bonds. The highest BCUT2D eigenvalue weighted by Gasteiger charge is 2.25. The molecule has 144 valence electrons. The summed E-state index contributed by atoms with van der Waals surface area (Å²) in [6, 6.07) is 5.99. The van der Waals surface area contributed by atoms with Crippen LogP contribution in [-0.4, -0.2) is 42.3 Å². The van der Waals surface area contributed by atoms with Crippen LogP contribution in [0.15, 0.2) is 47.9 Å². The standard InChI is InChI=1S/C20H15FN6O2/c21-13-6-11(17-15-1-3-22-18(15)25-10-24-17)5-12(7-13)20(29)27-4-2-14-16(8-27)23-9-26-19(14)28/h1,3,5-7,9-10H,2,4,8H2,(H,22,24,25)(H,23,26,28). The first kappa shape index (κ1) is 17.2. The zero-order valence-corrected chi connectivity index (χ0v) is 15.1. The van der Waals surface area contributed by atoms with Crippen molar-refractivity contribution in [3.8, 4) is 11.3 Å². The third kappa shape index (κ3) is 2.96. The van der Waals surface area contributed by atoms with Crippen LogP contribution in [0, 0.1) is 5.82 Å². The molecule has 29 heavy (non-hydrogen) atoms. The summed E-state index contributed by atoms with van der Waals surface area (Å²) in [4.78, 5) is 44.6. The number of hydrogen-bond acceptors (Lipinski definition) is 5. The molecule has 9 heteroatoms. The minimum absolute atomic E-state index is 0.186. The summed E-state index contributed by atoms with van der Waals surface area (Å²) in [5, 5.41) is 0.742. The lowest BCUT2D eigenvalue weighted by Gasteiger charge is -2.27. The average Bonchev–Trinajstić information content (AvgIpc) is 3.21. The van der Waals surface area contributed by atoms with E-state index in [0.29, 0.717) is 41.1 Å². The summed E-state index contributed by atoms with van der Waals surface area (Å²) in [6.45, 7) is 0.571. The van der Waals surface area contributed by atoms with Crippen LogP contribution in [0.4, 0.5) is 4.39 Å². The summed E-state index contributed by atoms with van der Waals surface area (Å²) in [5.74, 6) is -0.849. The third-order valence-electron chi connectivity index (χ3n) is 5.07. The number of hydrogen-bond donors (Lipinski definition) is 2. The number of carbonyl (C=O) groups is 1. The van der Waals surface area contributed by atoms with E-state index in [1.807, 2.05) is 6.07 Å². The number of rotatable bonds is 2. The van der Waals surface area contributed by atoms with Crippen LogP contribution in [0.2, 0.25) is 0 Å². The van der Waals surface area contributed by atoms with Crippen LogP contribution in [0.5, 0.6) is 0 Å². The highest BCUT2D eigenvalue weighted by Crippen LogP contribution is 2.27. The van der Waals surface area contributed by atoms with Gasteiger partial charge in [0.05, 0.1) is 24.3 Å². The number of nitrogens with one attached hydrogen (secondary N) is 2. The van der Waals surface area contributed by atoms with Crippen LogP contribution < -0.4 is 5.56 Å². The number of fused-ring (bicyclic) bond motifs is 2. The van der Waals surface area contributed by atoms with Crippen molar-refractivity contribution in [3.63, 3.8) is 0 Å². The first-order valence-electron chi connectivity index (χ1n) is 9.04. The van der Waals surface area contributed by atoms with Crippen LogP contribution in [0.3, 0.4) is 0 Å². The minimum Gasteiger partial charge on any atom is -0.346 e. The summed E-state index contributed by atoms with van der Waals surface area (Å²) >= 11 is 0. The van der Waals surface area contributed by atoms with Crippen LogP contribution in [0.25, 0.3) is 22.3 Å². The number of amides is 1. The van der Waals surface area contributed by atoms with Gasteiger partial charge < -0.3 is 14.9 Å². The van der Waals surface area contributed by atoms with Gasteiger partial charge in [-0.2, -0.15) is 0 Å². The van der Waals surface area contributed by atoms with E-state index in [9.17, 15) is 14.0 Å². The number of H-pyrrole nitrogens is 2. The van der Waals surface area contributed by atoms with Crippen LogP contribution in [0.1, 0.15) is 21.6 Å². The topological polar surface area (TPSA) is 108 Å². The fraction of sp³-hybridized carbons (Fsp3) is 0.150. The fourth-order valence-electron chi connectivity index (χ4n) is 3.67. The first-order chi connectivity index (χ1) is 14.1. The second kappa shape index (κ2) is 6.62. The Kier molecular flexibility index (Phi) is 3.94. The van der Waals surface area contributed by atoms with Gasteiger partial charge in [-0.05, 0) is 30.7 Å². The maximum absolute atomic E-state index is 14.4. The van der Waals surface area contributed by atoms with Gasteiger partial charge in [0.25, 0.3) is 11.5 Å². The quantitative estimate of drug-likeness (QED) is 0.545. The summed E-state index contributed by atoms with van der Waals surface area (Å²) in [7, 11) is 0. The lowest BCUT2D eigenvalue weighted by Crippen LogP contribution is -2.39. The van der Waals surface area contributed by atoms with E-state index in [4.69, 9.17) is 0 Å². The molecular formula is C20H15FN6O2. The van der Waals surface area contributed by atoms with Gasteiger partial charge in [0.15, 0.2) is 0 Å². The van der Waals surface area contributed by atoms with Crippen molar-refractivity contribution in [3.05, 3.63) is 76.1 Å². The molecule has 8 nitrogen and oxygen atoms in total. The van der Waals surface area contributed by atoms with Crippen LogP contribution >= 0.6 is 0 Å². The van der Waals surface area contributed by atoms with Gasteiger partial charge in [0.1, 0.15) is 17.8 Å². The van der Waals surface area contributed by atoms with Crippen molar-refractivity contribution in [1.29, 1.82) is 0 Å². The van der Waals surface area contributed by atoms with E-state index in [-0.39, 0.29) is 23.6 Å². The van der Waals surface area contributed by atoms with Crippen molar-refractivity contribution >= 4 is 16.9 Å². The number of aromatic nitrogens is 5. The Morgan fingerprint density at radius 2 is 2.03 bits per heavy atom. The Morgan fingerprint density at radius 1 is 1.14 bits per heavy atom. The van der Waals surface area contributed by atoms with Gasteiger partial charge in [-0.15, -0.1) is 0 Å². The van der Waals surface area contributed by atoms with E-state index in [2.05, 4.69) is 24.9 Å². The van der Waals surface area contributed by atoms with Crippen molar-refractivity contribution in [2.75, 3.05) is 6.54 Å². The van der Waals surface area contributed by atoms with Crippen molar-refractivity contribution in [1.82, 2.24) is 29.8 Å². The third-order valence-corrected chi connectivity index (χ3v) is 5.07. The molecule has 5 rings (SSSR count). The fourth-order valence-corrected chi connectivity index (χ4v) is 3.67. The predicted molar refractivity (Wildman–Crippen MR) is 103 cm³/mol. The Balaban J connectivity index is 1.51. The zero-order valence-electron chi connectivity index (χ0n) is 15.1. The Labute approximate surface area is 163 Å². The molecule has 0 radical (unpaired) electrons. The molecule has 0 saturated heterocycles. The molecule has 1 aliphatic heterocycles. The molecule has 0 aliphatic carbocycles. The largest absolute Gasteiger partial charge is 0.346 e. The molecule has 2 N–H and O–H groups in total. The normalized spacial score (nSPS) is 13.5. The highest BCUT2D eigenvalue weighted by atomic mass is 19.1. The smallest absolute Gasteiger partial charge is 0.254 e. The molecule has 1 aromatic carbocycles. The van der Waals surface area contributed by atoms with E-state index in [1.165, 1.54) is 24.8 Å². The van der Waals surface area contributed by atoms with Gasteiger partial charge in [-0.25, -0.2) is 19.3 Å². The number of carbonyl (C=O) groups excluding carboxylic acids is 1. The zero-order chi connectivity index (χ0) is 20.0. The van der Waals surface area contributed by atoms with Crippen molar-refractivity contribution in [2.45, 2.75) is 13.0 Å². The molecular weight excluding hydrogens is 375 g/mol. The number of halogens is 1. The molecule has 0 saturated carbocycles.